The molecule has 0 unspecified atom stereocenters. The van der Waals surface area contributed by atoms with Gasteiger partial charge >= 0.3 is 0 Å². The number of unbranched alkanes of at least 4 members (excludes halogenated alkanes) is 1. The van der Waals surface area contributed by atoms with Crippen LogP contribution in [0, 0.1) is 0 Å². The summed E-state index contributed by atoms with van der Waals surface area (Å²) in [5.74, 6) is 2.28. The summed E-state index contributed by atoms with van der Waals surface area (Å²) in [4.78, 5) is 18.7. The molecule has 2 N–H and O–H groups in total. The zero-order valence-electron chi connectivity index (χ0n) is 16.5. The Hall–Kier alpha value is -0.960. The molecular weight excluding hydrogens is 471 g/mol. The van der Waals surface area contributed by atoms with E-state index in [0.717, 1.165) is 51.4 Å². The van der Waals surface area contributed by atoms with Gasteiger partial charge in [-0.05, 0) is 48.8 Å². The Morgan fingerprint density at radius 3 is 2.56 bits per heavy atom. The number of aliphatic imine (C=N–C) groups is 1. The fourth-order valence-corrected chi connectivity index (χ4v) is 3.60. The summed E-state index contributed by atoms with van der Waals surface area (Å²) < 4.78 is 0. The lowest BCUT2D eigenvalue weighted by molar-refractivity contribution is -0.132. The fraction of sp³-hybridized carbons (Fsp3) is 0.600. The Morgan fingerprint density at radius 1 is 1.15 bits per heavy atom. The van der Waals surface area contributed by atoms with E-state index in [0.29, 0.717) is 6.42 Å². The van der Waals surface area contributed by atoms with E-state index in [2.05, 4.69) is 46.1 Å². The molecule has 1 aromatic rings. The molecule has 1 aromatic carbocycles. The van der Waals surface area contributed by atoms with Gasteiger partial charge < -0.3 is 15.5 Å². The second-order valence-corrected chi connectivity index (χ2v) is 7.55. The molecule has 0 saturated heterocycles. The minimum absolute atomic E-state index is 0. The third-order valence-corrected chi connectivity index (χ3v) is 5.33. The van der Waals surface area contributed by atoms with Crippen molar-refractivity contribution in [3.8, 4) is 0 Å². The van der Waals surface area contributed by atoms with Crippen LogP contribution in [-0.4, -0.2) is 55.5 Å². The number of amides is 1. The van der Waals surface area contributed by atoms with Gasteiger partial charge in [0, 0.05) is 39.6 Å². The van der Waals surface area contributed by atoms with Crippen LogP contribution in [0.25, 0.3) is 0 Å². The molecular formula is C20H33IN4OS. The summed E-state index contributed by atoms with van der Waals surface area (Å²) in [6, 6.07) is 8.42. The molecule has 0 saturated carbocycles. The topological polar surface area (TPSA) is 56.7 Å². The van der Waals surface area contributed by atoms with Gasteiger partial charge in [0.1, 0.15) is 0 Å². The van der Waals surface area contributed by atoms with Gasteiger partial charge in [-0.1, -0.05) is 24.3 Å². The van der Waals surface area contributed by atoms with Crippen LogP contribution >= 0.6 is 35.7 Å². The van der Waals surface area contributed by atoms with Crippen LogP contribution in [-0.2, 0) is 17.8 Å². The summed E-state index contributed by atoms with van der Waals surface area (Å²) in [5, 5.41) is 6.62. The highest BCUT2D eigenvalue weighted by Gasteiger charge is 2.19. The van der Waals surface area contributed by atoms with Crippen molar-refractivity contribution in [2.75, 3.05) is 38.7 Å². The Balaban J connectivity index is 0.00000364. The van der Waals surface area contributed by atoms with E-state index < -0.39 is 0 Å². The Morgan fingerprint density at radius 2 is 1.85 bits per heavy atom. The largest absolute Gasteiger partial charge is 0.356 e. The molecule has 0 radical (unpaired) electrons. The van der Waals surface area contributed by atoms with Gasteiger partial charge in [-0.15, -0.1) is 24.0 Å². The maximum Gasteiger partial charge on any atom is 0.222 e. The number of carbonyl (C=O) groups excluding carboxylic acids is 1. The molecule has 0 aliphatic carbocycles. The van der Waals surface area contributed by atoms with Crippen molar-refractivity contribution in [2.45, 2.75) is 38.6 Å². The Labute approximate surface area is 185 Å². The van der Waals surface area contributed by atoms with Crippen molar-refractivity contribution >= 4 is 47.6 Å². The lowest BCUT2D eigenvalue weighted by atomic mass is 9.99. The summed E-state index contributed by atoms with van der Waals surface area (Å²) >= 11 is 1.88. The number of benzene rings is 1. The summed E-state index contributed by atoms with van der Waals surface area (Å²) in [6.45, 7) is 3.29. The van der Waals surface area contributed by atoms with Crippen LogP contribution in [0.15, 0.2) is 29.3 Å². The van der Waals surface area contributed by atoms with Gasteiger partial charge in [0.25, 0.3) is 0 Å². The number of nitrogens with one attached hydrogen (secondary N) is 2. The Kier molecular flexibility index (Phi) is 12.6. The zero-order valence-corrected chi connectivity index (χ0v) is 19.6. The fourth-order valence-electron chi connectivity index (χ4n) is 3.11. The lowest BCUT2D eigenvalue weighted by Crippen LogP contribution is -2.39. The van der Waals surface area contributed by atoms with Gasteiger partial charge in [0.15, 0.2) is 5.96 Å². The summed E-state index contributed by atoms with van der Waals surface area (Å²) in [7, 11) is 1.79. The SMILES string of the molecule is CN=C(NCCCCSC)NCCCC(=O)N1CCc2ccccc2C1.I. The highest BCUT2D eigenvalue weighted by Crippen LogP contribution is 2.19. The molecule has 27 heavy (non-hydrogen) atoms. The first-order valence-corrected chi connectivity index (χ1v) is 10.9. The highest BCUT2D eigenvalue weighted by atomic mass is 127. The van der Waals surface area contributed by atoms with Crippen LogP contribution in [0.1, 0.15) is 36.8 Å². The number of carbonyl (C=O) groups is 1. The van der Waals surface area contributed by atoms with Gasteiger partial charge in [-0.25, -0.2) is 0 Å². The molecule has 1 heterocycles. The van der Waals surface area contributed by atoms with E-state index in [1.54, 1.807) is 7.05 Å². The van der Waals surface area contributed by atoms with Crippen LogP contribution < -0.4 is 10.6 Å². The van der Waals surface area contributed by atoms with E-state index in [4.69, 9.17) is 0 Å². The van der Waals surface area contributed by atoms with Crippen molar-refractivity contribution in [2.24, 2.45) is 4.99 Å². The van der Waals surface area contributed by atoms with E-state index in [-0.39, 0.29) is 29.9 Å². The molecule has 0 spiro atoms. The summed E-state index contributed by atoms with van der Waals surface area (Å²) in [6.07, 6.45) is 6.88. The van der Waals surface area contributed by atoms with Crippen molar-refractivity contribution in [3.63, 3.8) is 0 Å². The number of thioether (sulfide) groups is 1. The molecule has 7 heteroatoms. The second kappa shape index (κ2) is 14.1. The molecule has 2 rings (SSSR count). The quantitative estimate of drug-likeness (QED) is 0.235. The molecule has 5 nitrogen and oxygen atoms in total. The smallest absolute Gasteiger partial charge is 0.222 e. The molecule has 0 bridgehead atoms. The van der Waals surface area contributed by atoms with Crippen LogP contribution in [0.5, 0.6) is 0 Å². The second-order valence-electron chi connectivity index (χ2n) is 6.56. The average molecular weight is 504 g/mol. The third kappa shape index (κ3) is 8.72. The van der Waals surface area contributed by atoms with Crippen molar-refractivity contribution in [3.05, 3.63) is 35.4 Å². The molecule has 0 atom stereocenters. The average Bonchev–Trinajstić information content (AvgIpc) is 2.68. The standard InChI is InChI=1S/C20H32N4OS.HI/c1-21-20(22-12-5-6-15-26-2)23-13-7-10-19(25)24-14-11-17-8-3-4-9-18(17)16-24;/h3-4,8-9H,5-7,10-16H2,1-2H3,(H2,21,22,23);1H. The third-order valence-electron chi connectivity index (χ3n) is 4.63. The van der Waals surface area contributed by atoms with Crippen molar-refractivity contribution in [1.82, 2.24) is 15.5 Å². The van der Waals surface area contributed by atoms with Gasteiger partial charge in [-0.2, -0.15) is 11.8 Å². The first kappa shape index (κ1) is 24.1. The predicted molar refractivity (Wildman–Crippen MR) is 127 cm³/mol. The van der Waals surface area contributed by atoms with E-state index in [1.165, 1.54) is 23.3 Å². The summed E-state index contributed by atoms with van der Waals surface area (Å²) in [5.41, 5.74) is 2.67. The van der Waals surface area contributed by atoms with E-state index in [1.807, 2.05) is 16.7 Å². The van der Waals surface area contributed by atoms with Crippen molar-refractivity contribution in [1.29, 1.82) is 0 Å². The molecule has 152 valence electrons. The maximum absolute atomic E-state index is 12.4. The zero-order chi connectivity index (χ0) is 18.6. The normalized spacial score (nSPS) is 13.6. The maximum atomic E-state index is 12.4. The minimum Gasteiger partial charge on any atom is -0.356 e. The number of rotatable bonds is 9. The molecule has 0 fully saturated rings. The van der Waals surface area contributed by atoms with Crippen LogP contribution in [0.2, 0.25) is 0 Å². The monoisotopic (exact) mass is 504 g/mol. The highest BCUT2D eigenvalue weighted by molar-refractivity contribution is 14.0. The number of hydrogen-bond acceptors (Lipinski definition) is 3. The van der Waals surface area contributed by atoms with Crippen LogP contribution in [0.3, 0.4) is 0 Å². The van der Waals surface area contributed by atoms with Crippen LogP contribution in [0.4, 0.5) is 0 Å². The van der Waals surface area contributed by atoms with E-state index in [9.17, 15) is 4.79 Å². The number of halogens is 1. The first-order valence-electron chi connectivity index (χ1n) is 9.52. The van der Waals surface area contributed by atoms with Gasteiger partial charge in [-0.3, -0.25) is 9.79 Å². The molecule has 0 aromatic heterocycles. The van der Waals surface area contributed by atoms with Gasteiger partial charge in [0.2, 0.25) is 5.91 Å². The lowest BCUT2D eigenvalue weighted by Gasteiger charge is -2.29. The minimum atomic E-state index is 0. The number of fused-ring (bicyclic) bond motifs is 1. The predicted octanol–water partition coefficient (Wildman–Crippen LogP) is 3.28. The number of guanidine groups is 1. The molecule has 1 aliphatic rings. The number of nitrogens with zero attached hydrogens (tertiary/aromatic N) is 2. The number of hydrogen-bond donors (Lipinski definition) is 2. The molecule has 1 amide bonds. The van der Waals surface area contributed by atoms with E-state index >= 15 is 0 Å². The first-order chi connectivity index (χ1) is 12.7. The Bertz CT molecular complexity index is 597. The van der Waals surface area contributed by atoms with Gasteiger partial charge in [0.05, 0.1) is 0 Å². The van der Waals surface area contributed by atoms with Crippen molar-refractivity contribution < 1.29 is 4.79 Å². The molecule has 1 aliphatic heterocycles.